The number of hydrogen-bond donors (Lipinski definition) is 1. The van der Waals surface area contributed by atoms with Crippen LogP contribution in [0.3, 0.4) is 0 Å². The molecule has 0 saturated heterocycles. The van der Waals surface area contributed by atoms with Crippen LogP contribution in [0.1, 0.15) is 20.8 Å². The van der Waals surface area contributed by atoms with Gasteiger partial charge in [-0.05, 0) is 61.4 Å². The summed E-state index contributed by atoms with van der Waals surface area (Å²) >= 11 is 1.13. The molecular weight excluding hydrogens is 353 g/mol. The highest BCUT2D eigenvalue weighted by atomic mass is 32.1. The van der Waals surface area contributed by atoms with Crippen LogP contribution in [0.2, 0.25) is 0 Å². The van der Waals surface area contributed by atoms with E-state index in [9.17, 15) is 14.0 Å². The van der Waals surface area contributed by atoms with Crippen molar-refractivity contribution >= 4 is 38.9 Å². The number of fused-ring (bicyclic) bond motifs is 3. The second kappa shape index (κ2) is 6.03. The maximum atomic E-state index is 13.0. The largest absolute Gasteiger partial charge is 0.321 e. The van der Waals surface area contributed by atoms with Gasteiger partial charge in [0, 0.05) is 11.8 Å². The van der Waals surface area contributed by atoms with Crippen molar-refractivity contribution in [3.8, 4) is 0 Å². The molecule has 1 N–H and O–H groups in total. The second-order valence-electron chi connectivity index (χ2n) is 6.06. The van der Waals surface area contributed by atoms with E-state index in [-0.39, 0.29) is 16.3 Å². The first kappa shape index (κ1) is 16.4. The molecule has 4 aromatic rings. The fraction of sp³-hybridized carbons (Fsp3) is 0.105. The molecule has 0 atom stereocenters. The minimum absolute atomic E-state index is 0.246. The van der Waals surface area contributed by atoms with Gasteiger partial charge < -0.3 is 5.32 Å². The molecule has 4 rings (SSSR count). The van der Waals surface area contributed by atoms with E-state index in [2.05, 4.69) is 10.3 Å². The Hall–Kier alpha value is -3.06. The van der Waals surface area contributed by atoms with E-state index in [1.807, 2.05) is 26.0 Å². The van der Waals surface area contributed by atoms with Gasteiger partial charge in [0.25, 0.3) is 11.5 Å². The number of hydrogen-bond acceptors (Lipinski definition) is 4. The minimum atomic E-state index is -0.430. The fourth-order valence-corrected chi connectivity index (χ4v) is 3.66. The lowest BCUT2D eigenvalue weighted by atomic mass is 10.1. The molecule has 0 aliphatic rings. The van der Waals surface area contributed by atoms with Crippen LogP contribution in [0.25, 0.3) is 16.0 Å². The molecule has 0 aliphatic carbocycles. The fourth-order valence-electron chi connectivity index (χ4n) is 2.73. The Morgan fingerprint density at radius 1 is 1.12 bits per heavy atom. The molecule has 5 nitrogen and oxygen atoms in total. The third-order valence-electron chi connectivity index (χ3n) is 4.24. The van der Waals surface area contributed by atoms with E-state index in [4.69, 9.17) is 0 Å². The van der Waals surface area contributed by atoms with Gasteiger partial charge in [-0.2, -0.15) is 0 Å². The predicted molar refractivity (Wildman–Crippen MR) is 101 cm³/mol. The van der Waals surface area contributed by atoms with Gasteiger partial charge >= 0.3 is 0 Å². The van der Waals surface area contributed by atoms with Crippen molar-refractivity contribution in [1.29, 1.82) is 0 Å². The average Bonchev–Trinajstić information content (AvgIpc) is 2.95. The van der Waals surface area contributed by atoms with E-state index in [1.165, 1.54) is 34.7 Å². The highest BCUT2D eigenvalue weighted by Gasteiger charge is 2.15. The van der Waals surface area contributed by atoms with Crippen LogP contribution in [0.4, 0.5) is 10.1 Å². The lowest BCUT2D eigenvalue weighted by molar-refractivity contribution is 0.103. The van der Waals surface area contributed by atoms with Crippen molar-refractivity contribution in [2.75, 3.05) is 5.32 Å². The molecule has 0 unspecified atom stereocenters. The van der Waals surface area contributed by atoms with Crippen LogP contribution in [-0.2, 0) is 0 Å². The molecule has 7 heteroatoms. The van der Waals surface area contributed by atoms with Crippen LogP contribution in [-0.4, -0.2) is 15.3 Å². The number of halogens is 1. The molecule has 0 aliphatic heterocycles. The predicted octanol–water partition coefficient (Wildman–Crippen LogP) is 3.92. The number of nitrogens with one attached hydrogen (secondary N) is 1. The van der Waals surface area contributed by atoms with Gasteiger partial charge in [-0.15, -0.1) is 0 Å². The van der Waals surface area contributed by atoms with E-state index in [0.29, 0.717) is 10.6 Å². The Bertz CT molecular complexity index is 1230. The molecule has 2 heterocycles. The van der Waals surface area contributed by atoms with Crippen LogP contribution in [0, 0.1) is 19.7 Å². The van der Waals surface area contributed by atoms with E-state index >= 15 is 0 Å². The highest BCUT2D eigenvalue weighted by Crippen LogP contribution is 2.23. The Balaban J connectivity index is 1.79. The summed E-state index contributed by atoms with van der Waals surface area (Å²) in [6.45, 7) is 3.97. The van der Waals surface area contributed by atoms with Crippen LogP contribution >= 0.6 is 11.3 Å². The number of nitrogens with zero attached hydrogens (tertiary/aromatic N) is 2. The van der Waals surface area contributed by atoms with E-state index < -0.39 is 5.91 Å². The van der Waals surface area contributed by atoms with Gasteiger partial charge in [0.05, 0.1) is 11.0 Å². The first-order valence-electron chi connectivity index (χ1n) is 7.93. The smallest absolute Gasteiger partial charge is 0.266 e. The van der Waals surface area contributed by atoms with Crippen LogP contribution in [0.15, 0.2) is 47.3 Å². The lowest BCUT2D eigenvalue weighted by Crippen LogP contribution is -2.17. The topological polar surface area (TPSA) is 63.5 Å². The summed E-state index contributed by atoms with van der Waals surface area (Å²) in [4.78, 5) is 30.2. The summed E-state index contributed by atoms with van der Waals surface area (Å²) in [5.74, 6) is -0.815. The molecular formula is C19H14FN3O2S. The maximum Gasteiger partial charge on any atom is 0.266 e. The summed E-state index contributed by atoms with van der Waals surface area (Å²) in [5, 5.41) is 2.66. The lowest BCUT2D eigenvalue weighted by Gasteiger charge is -2.05. The summed E-state index contributed by atoms with van der Waals surface area (Å²) in [5.41, 5.74) is 3.76. The summed E-state index contributed by atoms with van der Waals surface area (Å²) in [6, 6.07) is 10.6. The zero-order valence-electron chi connectivity index (χ0n) is 14.0. The van der Waals surface area contributed by atoms with Gasteiger partial charge in [-0.25, -0.2) is 9.37 Å². The molecule has 0 fully saturated rings. The molecule has 26 heavy (non-hydrogen) atoms. The number of anilines is 1. The molecule has 0 radical (unpaired) electrons. The van der Waals surface area contributed by atoms with Gasteiger partial charge in [0.1, 0.15) is 10.7 Å². The second-order valence-corrected chi connectivity index (χ2v) is 7.07. The first-order chi connectivity index (χ1) is 12.4. The van der Waals surface area contributed by atoms with E-state index in [1.54, 1.807) is 0 Å². The third kappa shape index (κ3) is 2.76. The third-order valence-corrected chi connectivity index (χ3v) is 5.22. The maximum absolute atomic E-state index is 13.0. The number of carbonyl (C=O) groups is 1. The number of rotatable bonds is 2. The van der Waals surface area contributed by atoms with Crippen molar-refractivity contribution in [3.63, 3.8) is 0 Å². The van der Waals surface area contributed by atoms with Gasteiger partial charge in [-0.3, -0.25) is 14.0 Å². The van der Waals surface area contributed by atoms with E-state index in [0.717, 1.165) is 33.5 Å². The quantitative estimate of drug-likeness (QED) is 0.584. The van der Waals surface area contributed by atoms with Crippen molar-refractivity contribution in [3.05, 3.63) is 74.6 Å². The summed E-state index contributed by atoms with van der Waals surface area (Å²) in [6.07, 6.45) is 0. The molecule has 0 bridgehead atoms. The Kier molecular flexibility index (Phi) is 3.81. The van der Waals surface area contributed by atoms with Crippen molar-refractivity contribution in [2.45, 2.75) is 13.8 Å². The zero-order chi connectivity index (χ0) is 18.4. The van der Waals surface area contributed by atoms with Crippen LogP contribution < -0.4 is 10.9 Å². The number of carbonyl (C=O) groups excluding carboxylic acids is 1. The summed E-state index contributed by atoms with van der Waals surface area (Å²) in [7, 11) is 0. The molecule has 130 valence electrons. The minimum Gasteiger partial charge on any atom is -0.321 e. The Labute approximate surface area is 151 Å². The number of benzene rings is 2. The van der Waals surface area contributed by atoms with Crippen LogP contribution in [0.5, 0.6) is 0 Å². The van der Waals surface area contributed by atoms with Crippen molar-refractivity contribution in [2.24, 2.45) is 0 Å². The molecule has 2 aromatic carbocycles. The number of amides is 1. The standard InChI is InChI=1S/C19H14FN3O2S/c1-10-7-14-15(8-11(10)2)23-17(24)9-16(26-19(23)22-14)18(25)21-13-5-3-12(20)4-6-13/h3-9H,1-2H3,(H,21,25). The van der Waals surface area contributed by atoms with Crippen molar-refractivity contribution in [1.82, 2.24) is 9.38 Å². The Morgan fingerprint density at radius 3 is 2.54 bits per heavy atom. The zero-order valence-corrected chi connectivity index (χ0v) is 14.9. The average molecular weight is 367 g/mol. The van der Waals surface area contributed by atoms with Gasteiger partial charge in [0.2, 0.25) is 0 Å². The molecule has 2 aromatic heterocycles. The number of aromatic nitrogens is 2. The number of aryl methyl sites for hydroxylation is 2. The first-order valence-corrected chi connectivity index (χ1v) is 8.74. The monoisotopic (exact) mass is 367 g/mol. The Morgan fingerprint density at radius 2 is 1.81 bits per heavy atom. The SMILES string of the molecule is Cc1cc2nc3sc(C(=O)Nc4ccc(F)cc4)cc(=O)n3c2cc1C. The molecule has 1 amide bonds. The molecule has 0 spiro atoms. The van der Waals surface area contributed by atoms with Crippen molar-refractivity contribution < 1.29 is 9.18 Å². The van der Waals surface area contributed by atoms with Gasteiger partial charge in [-0.1, -0.05) is 11.3 Å². The normalized spacial score (nSPS) is 11.2. The highest BCUT2D eigenvalue weighted by molar-refractivity contribution is 7.18. The number of imidazole rings is 1. The molecule has 0 saturated carbocycles. The summed E-state index contributed by atoms with van der Waals surface area (Å²) < 4.78 is 14.5. The van der Waals surface area contributed by atoms with Gasteiger partial charge in [0.15, 0.2) is 4.96 Å².